The Bertz CT molecular complexity index is 668. The molecule has 1 fully saturated rings. The van der Waals surface area contributed by atoms with E-state index < -0.39 is 18.3 Å². The highest BCUT2D eigenvalue weighted by molar-refractivity contribution is 14.0. The molecule has 0 spiro atoms. The zero-order valence-corrected chi connectivity index (χ0v) is 20.0. The Morgan fingerprint density at radius 1 is 1.27 bits per heavy atom. The molecule has 0 aromatic heterocycles. The second kappa shape index (κ2) is 12.6. The number of aryl methyl sites for hydroxylation is 1. The highest BCUT2D eigenvalue weighted by Gasteiger charge is 2.41. The third kappa shape index (κ3) is 8.46. The Hall–Kier alpha value is -1.27. The Morgan fingerprint density at radius 3 is 2.50 bits per heavy atom. The largest absolute Gasteiger partial charge is 0.491 e. The quantitative estimate of drug-likeness (QED) is 0.314. The molecule has 1 aliphatic heterocycles. The summed E-state index contributed by atoms with van der Waals surface area (Å²) in [6, 6.07) is 6.11. The number of aliphatic hydroxyl groups excluding tert-OH is 1. The summed E-state index contributed by atoms with van der Waals surface area (Å²) < 4.78 is 44.3. The van der Waals surface area contributed by atoms with Crippen LogP contribution < -0.4 is 10.1 Å². The van der Waals surface area contributed by atoms with E-state index in [-0.39, 0.29) is 37.1 Å². The lowest BCUT2D eigenvalue weighted by Gasteiger charge is -2.39. The molecule has 0 aliphatic carbocycles. The first-order chi connectivity index (χ1) is 13.7. The fourth-order valence-electron chi connectivity index (χ4n) is 3.10. The van der Waals surface area contributed by atoms with Crippen LogP contribution in [0.1, 0.15) is 19.4 Å². The SMILES string of the molecule is CCNC(=NCC(O)COc1cccc(C)c1)N1CCN(C(C)C(F)(F)F)CC1.I. The van der Waals surface area contributed by atoms with Crippen LogP contribution in [0.15, 0.2) is 29.3 Å². The molecule has 2 N–H and O–H groups in total. The summed E-state index contributed by atoms with van der Waals surface area (Å²) in [5.41, 5.74) is 1.07. The zero-order chi connectivity index (χ0) is 21.4. The molecule has 6 nitrogen and oxygen atoms in total. The van der Waals surface area contributed by atoms with Gasteiger partial charge in [0.25, 0.3) is 0 Å². The zero-order valence-electron chi connectivity index (χ0n) is 17.7. The van der Waals surface area contributed by atoms with E-state index in [9.17, 15) is 18.3 Å². The van der Waals surface area contributed by atoms with E-state index in [1.165, 1.54) is 11.8 Å². The summed E-state index contributed by atoms with van der Waals surface area (Å²) in [5.74, 6) is 1.29. The van der Waals surface area contributed by atoms with Gasteiger partial charge in [0.1, 0.15) is 24.5 Å². The van der Waals surface area contributed by atoms with Crippen molar-refractivity contribution >= 4 is 29.9 Å². The van der Waals surface area contributed by atoms with Crippen molar-refractivity contribution in [2.75, 3.05) is 45.9 Å². The van der Waals surface area contributed by atoms with Crippen LogP contribution >= 0.6 is 24.0 Å². The number of ether oxygens (including phenoxy) is 1. The molecule has 0 amide bonds. The minimum Gasteiger partial charge on any atom is -0.491 e. The summed E-state index contributed by atoms with van der Waals surface area (Å²) in [6.07, 6.45) is -5.00. The van der Waals surface area contributed by atoms with Gasteiger partial charge in [-0.3, -0.25) is 9.89 Å². The summed E-state index contributed by atoms with van der Waals surface area (Å²) >= 11 is 0. The Labute approximate surface area is 193 Å². The number of hydrogen-bond acceptors (Lipinski definition) is 4. The van der Waals surface area contributed by atoms with Gasteiger partial charge in [-0.15, -0.1) is 24.0 Å². The third-order valence-corrected chi connectivity index (χ3v) is 4.85. The van der Waals surface area contributed by atoms with Crippen molar-refractivity contribution in [2.24, 2.45) is 4.99 Å². The first-order valence-electron chi connectivity index (χ1n) is 9.92. The van der Waals surface area contributed by atoms with Gasteiger partial charge in [0.15, 0.2) is 5.96 Å². The van der Waals surface area contributed by atoms with Gasteiger partial charge in [0.2, 0.25) is 0 Å². The molecule has 2 atom stereocenters. The number of piperazine rings is 1. The number of halogens is 4. The molecular formula is C20H32F3IN4O2. The van der Waals surface area contributed by atoms with Crippen LogP contribution in [0.4, 0.5) is 13.2 Å². The molecule has 1 saturated heterocycles. The van der Waals surface area contributed by atoms with Gasteiger partial charge in [-0.25, -0.2) is 0 Å². The molecule has 2 rings (SSSR count). The standard InChI is InChI=1S/C20H31F3N4O2.HI/c1-4-24-19(27-10-8-26(9-11-27)16(3)20(21,22)23)25-13-17(28)14-29-18-7-5-6-15(2)12-18;/h5-7,12,16-17,28H,4,8-11,13-14H2,1-3H3,(H,24,25);1H. The van der Waals surface area contributed by atoms with Crippen LogP contribution in [0.2, 0.25) is 0 Å². The molecule has 172 valence electrons. The lowest BCUT2D eigenvalue weighted by atomic mass is 10.2. The number of aliphatic imine (C=N–C) groups is 1. The molecule has 0 radical (unpaired) electrons. The first-order valence-corrected chi connectivity index (χ1v) is 9.92. The van der Waals surface area contributed by atoms with Crippen LogP contribution in [0.5, 0.6) is 5.75 Å². The van der Waals surface area contributed by atoms with Crippen molar-refractivity contribution in [3.8, 4) is 5.75 Å². The van der Waals surface area contributed by atoms with E-state index in [0.717, 1.165) is 5.56 Å². The Morgan fingerprint density at radius 2 is 1.93 bits per heavy atom. The number of rotatable bonds is 7. The summed E-state index contributed by atoms with van der Waals surface area (Å²) in [4.78, 5) is 7.81. The van der Waals surface area contributed by atoms with Crippen LogP contribution in [0.25, 0.3) is 0 Å². The van der Waals surface area contributed by atoms with Gasteiger partial charge < -0.3 is 20.1 Å². The number of aliphatic hydroxyl groups is 1. The molecule has 30 heavy (non-hydrogen) atoms. The number of hydrogen-bond donors (Lipinski definition) is 2. The van der Waals surface area contributed by atoms with Crippen molar-refractivity contribution in [1.29, 1.82) is 0 Å². The molecule has 1 aliphatic rings. The topological polar surface area (TPSA) is 60.3 Å². The second-order valence-corrected chi connectivity index (χ2v) is 7.22. The number of nitrogens with one attached hydrogen (secondary N) is 1. The van der Waals surface area contributed by atoms with E-state index in [1.54, 1.807) is 0 Å². The van der Waals surface area contributed by atoms with Crippen LogP contribution in [-0.2, 0) is 0 Å². The minimum atomic E-state index is -4.22. The molecular weight excluding hydrogens is 512 g/mol. The maximum Gasteiger partial charge on any atom is 0.403 e. The highest BCUT2D eigenvalue weighted by atomic mass is 127. The van der Waals surface area contributed by atoms with Gasteiger partial charge in [-0.2, -0.15) is 13.2 Å². The highest BCUT2D eigenvalue weighted by Crippen LogP contribution is 2.25. The molecule has 0 bridgehead atoms. The average Bonchev–Trinajstić information content (AvgIpc) is 2.68. The molecule has 1 aromatic rings. The summed E-state index contributed by atoms with van der Waals surface area (Å²) in [5, 5.41) is 13.3. The van der Waals surface area contributed by atoms with Crippen molar-refractivity contribution in [3.05, 3.63) is 29.8 Å². The molecule has 0 saturated carbocycles. The predicted molar refractivity (Wildman–Crippen MR) is 123 cm³/mol. The van der Waals surface area contributed by atoms with Crippen LogP contribution in [0.3, 0.4) is 0 Å². The van der Waals surface area contributed by atoms with Crippen molar-refractivity contribution in [1.82, 2.24) is 15.1 Å². The van der Waals surface area contributed by atoms with Gasteiger partial charge in [0, 0.05) is 32.7 Å². The fourth-order valence-corrected chi connectivity index (χ4v) is 3.10. The Kier molecular flexibility index (Phi) is 11.2. The van der Waals surface area contributed by atoms with Gasteiger partial charge in [-0.05, 0) is 38.5 Å². The van der Waals surface area contributed by atoms with Crippen LogP contribution in [-0.4, -0.2) is 85.1 Å². The molecule has 2 unspecified atom stereocenters. The molecule has 10 heteroatoms. The lowest BCUT2D eigenvalue weighted by molar-refractivity contribution is -0.181. The maximum absolute atomic E-state index is 12.9. The van der Waals surface area contributed by atoms with Crippen molar-refractivity contribution in [3.63, 3.8) is 0 Å². The monoisotopic (exact) mass is 544 g/mol. The van der Waals surface area contributed by atoms with E-state index in [1.807, 2.05) is 43.0 Å². The molecule has 1 aromatic carbocycles. The first kappa shape index (κ1) is 26.8. The normalized spacial score (nSPS) is 17.8. The average molecular weight is 544 g/mol. The minimum absolute atomic E-state index is 0. The van der Waals surface area contributed by atoms with E-state index in [4.69, 9.17) is 4.74 Å². The Balaban J connectivity index is 0.00000450. The number of alkyl halides is 3. The summed E-state index contributed by atoms with van der Waals surface area (Å²) in [7, 11) is 0. The smallest absolute Gasteiger partial charge is 0.403 e. The number of benzene rings is 1. The van der Waals surface area contributed by atoms with E-state index in [0.29, 0.717) is 44.4 Å². The number of nitrogens with zero attached hydrogens (tertiary/aromatic N) is 3. The van der Waals surface area contributed by atoms with Crippen molar-refractivity contribution < 1.29 is 23.0 Å². The lowest BCUT2D eigenvalue weighted by Crippen LogP contribution is -2.56. The summed E-state index contributed by atoms with van der Waals surface area (Å²) in [6.45, 7) is 7.49. The third-order valence-electron chi connectivity index (χ3n) is 4.85. The predicted octanol–water partition coefficient (Wildman–Crippen LogP) is 2.89. The fraction of sp³-hybridized carbons (Fsp3) is 0.650. The van der Waals surface area contributed by atoms with Crippen molar-refractivity contribution in [2.45, 2.75) is 39.1 Å². The second-order valence-electron chi connectivity index (χ2n) is 7.22. The number of guanidine groups is 1. The van der Waals surface area contributed by atoms with E-state index >= 15 is 0 Å². The van der Waals surface area contributed by atoms with E-state index in [2.05, 4.69) is 10.3 Å². The van der Waals surface area contributed by atoms with Crippen LogP contribution in [0, 0.1) is 6.92 Å². The van der Waals surface area contributed by atoms with Gasteiger partial charge in [-0.1, -0.05) is 12.1 Å². The van der Waals surface area contributed by atoms with Gasteiger partial charge >= 0.3 is 6.18 Å². The van der Waals surface area contributed by atoms with Gasteiger partial charge in [0.05, 0.1) is 6.54 Å². The molecule has 1 heterocycles. The maximum atomic E-state index is 12.9.